The summed E-state index contributed by atoms with van der Waals surface area (Å²) >= 11 is 0. The van der Waals surface area contributed by atoms with E-state index in [2.05, 4.69) is 42.8 Å². The maximum absolute atomic E-state index is 3.41. The van der Waals surface area contributed by atoms with Crippen molar-refractivity contribution in [3.05, 3.63) is 0 Å². The van der Waals surface area contributed by atoms with E-state index in [1.807, 2.05) is 0 Å². The van der Waals surface area contributed by atoms with Crippen molar-refractivity contribution in [3.63, 3.8) is 0 Å². The molecule has 0 aromatic heterocycles. The van der Waals surface area contributed by atoms with Crippen LogP contribution in [0.4, 0.5) is 0 Å². The third-order valence-electron chi connectivity index (χ3n) is 4.41. The molecule has 0 aliphatic carbocycles. The third kappa shape index (κ3) is 5.25. The minimum absolute atomic E-state index is 0.753. The van der Waals surface area contributed by atoms with E-state index in [0.717, 1.165) is 18.6 Å². The molecule has 1 aliphatic heterocycles. The van der Waals surface area contributed by atoms with Crippen molar-refractivity contribution in [2.45, 2.75) is 59.0 Å². The van der Waals surface area contributed by atoms with Crippen molar-refractivity contribution in [2.75, 3.05) is 39.3 Å². The Morgan fingerprint density at radius 1 is 0.944 bits per heavy atom. The molecule has 0 bridgehead atoms. The van der Waals surface area contributed by atoms with Crippen molar-refractivity contribution < 1.29 is 0 Å². The summed E-state index contributed by atoms with van der Waals surface area (Å²) in [5.74, 6) is 0. The van der Waals surface area contributed by atoms with Crippen molar-refractivity contribution >= 4 is 0 Å². The van der Waals surface area contributed by atoms with Crippen LogP contribution >= 0.6 is 0 Å². The molecule has 2 unspecified atom stereocenters. The van der Waals surface area contributed by atoms with Gasteiger partial charge in [0.25, 0.3) is 0 Å². The normalized spacial score (nSPS) is 22.0. The Morgan fingerprint density at radius 3 is 2.00 bits per heavy atom. The Morgan fingerprint density at radius 2 is 1.50 bits per heavy atom. The summed E-state index contributed by atoms with van der Waals surface area (Å²) < 4.78 is 0. The lowest BCUT2D eigenvalue weighted by Crippen LogP contribution is -2.51. The quantitative estimate of drug-likeness (QED) is 0.671. The lowest BCUT2D eigenvalue weighted by atomic mass is 10.1. The van der Waals surface area contributed by atoms with Gasteiger partial charge in [-0.1, -0.05) is 13.8 Å². The van der Waals surface area contributed by atoms with Crippen LogP contribution in [0.15, 0.2) is 0 Å². The Balaban J connectivity index is 2.17. The highest BCUT2D eigenvalue weighted by Gasteiger charge is 2.22. The molecule has 1 fully saturated rings. The predicted octanol–water partition coefficient (Wildman–Crippen LogP) is 2.18. The number of rotatable bonds is 8. The smallest absolute Gasteiger partial charge is 0.0113 e. The highest BCUT2D eigenvalue weighted by Crippen LogP contribution is 2.13. The monoisotopic (exact) mass is 255 g/mol. The number of piperazine rings is 1. The first-order valence-corrected chi connectivity index (χ1v) is 7.87. The second kappa shape index (κ2) is 8.89. The summed E-state index contributed by atoms with van der Waals surface area (Å²) in [5.41, 5.74) is 0. The van der Waals surface area contributed by atoms with Crippen LogP contribution < -0.4 is 5.32 Å². The number of hydrogen-bond acceptors (Lipinski definition) is 3. The molecular weight excluding hydrogens is 222 g/mol. The number of hydrogen-bond donors (Lipinski definition) is 1. The van der Waals surface area contributed by atoms with E-state index >= 15 is 0 Å². The molecule has 0 amide bonds. The zero-order valence-electron chi connectivity index (χ0n) is 12.9. The lowest BCUT2D eigenvalue weighted by molar-refractivity contribution is 0.0743. The summed E-state index contributed by atoms with van der Waals surface area (Å²) in [6.45, 7) is 16.5. The van der Waals surface area contributed by atoms with E-state index < -0.39 is 0 Å². The minimum Gasteiger partial charge on any atom is -0.317 e. The summed E-state index contributed by atoms with van der Waals surface area (Å²) in [7, 11) is 0. The largest absolute Gasteiger partial charge is 0.317 e. The summed E-state index contributed by atoms with van der Waals surface area (Å²) in [6.07, 6.45) is 3.91. The fourth-order valence-electron chi connectivity index (χ4n) is 2.76. The van der Waals surface area contributed by atoms with Crippen LogP contribution in [0.25, 0.3) is 0 Å². The predicted molar refractivity (Wildman–Crippen MR) is 80.1 cm³/mol. The van der Waals surface area contributed by atoms with Gasteiger partial charge in [-0.15, -0.1) is 0 Å². The average Bonchev–Trinajstić information content (AvgIpc) is 2.42. The van der Waals surface area contributed by atoms with Crippen LogP contribution in [-0.4, -0.2) is 61.2 Å². The SMILES string of the molecule is CCNCCCC(C)N1CCN(C(C)CC)CC1. The molecule has 2 atom stereocenters. The van der Waals surface area contributed by atoms with Gasteiger partial charge in [-0.2, -0.15) is 0 Å². The zero-order valence-corrected chi connectivity index (χ0v) is 12.9. The van der Waals surface area contributed by atoms with Gasteiger partial charge in [-0.25, -0.2) is 0 Å². The van der Waals surface area contributed by atoms with Crippen molar-refractivity contribution in [1.82, 2.24) is 15.1 Å². The van der Waals surface area contributed by atoms with Crippen molar-refractivity contribution in [1.29, 1.82) is 0 Å². The molecule has 3 nitrogen and oxygen atoms in total. The van der Waals surface area contributed by atoms with E-state index in [0.29, 0.717) is 0 Å². The summed E-state index contributed by atoms with van der Waals surface area (Å²) in [5, 5.41) is 3.41. The van der Waals surface area contributed by atoms with Gasteiger partial charge < -0.3 is 5.32 Å². The molecule has 1 aliphatic rings. The molecule has 0 aromatic rings. The fraction of sp³-hybridized carbons (Fsp3) is 1.00. The lowest BCUT2D eigenvalue weighted by Gasteiger charge is -2.40. The van der Waals surface area contributed by atoms with E-state index in [-0.39, 0.29) is 0 Å². The van der Waals surface area contributed by atoms with Crippen LogP contribution in [0.2, 0.25) is 0 Å². The van der Waals surface area contributed by atoms with Gasteiger partial charge in [-0.3, -0.25) is 9.80 Å². The van der Waals surface area contributed by atoms with Crippen LogP contribution in [-0.2, 0) is 0 Å². The highest BCUT2D eigenvalue weighted by molar-refractivity contribution is 4.78. The molecule has 1 N–H and O–H groups in total. The average molecular weight is 255 g/mol. The summed E-state index contributed by atoms with van der Waals surface area (Å²) in [6, 6.07) is 1.51. The van der Waals surface area contributed by atoms with Gasteiger partial charge in [-0.05, 0) is 46.2 Å². The molecule has 0 saturated carbocycles. The standard InChI is InChI=1S/C15H33N3/c1-5-14(3)17-10-12-18(13-11-17)15(4)8-7-9-16-6-2/h14-16H,5-13H2,1-4H3. The second-order valence-electron chi connectivity index (χ2n) is 5.67. The van der Waals surface area contributed by atoms with Crippen LogP contribution in [0.3, 0.4) is 0 Å². The second-order valence-corrected chi connectivity index (χ2v) is 5.67. The fourth-order valence-corrected chi connectivity index (χ4v) is 2.76. The maximum atomic E-state index is 3.41. The highest BCUT2D eigenvalue weighted by atomic mass is 15.3. The first-order valence-electron chi connectivity index (χ1n) is 7.87. The van der Waals surface area contributed by atoms with Crippen molar-refractivity contribution in [2.24, 2.45) is 0 Å². The molecule has 0 radical (unpaired) electrons. The molecule has 0 aromatic carbocycles. The van der Waals surface area contributed by atoms with Gasteiger partial charge in [0.1, 0.15) is 0 Å². The van der Waals surface area contributed by atoms with Gasteiger partial charge in [0.2, 0.25) is 0 Å². The van der Waals surface area contributed by atoms with Crippen LogP contribution in [0.1, 0.15) is 47.0 Å². The molecule has 0 spiro atoms. The number of nitrogens with zero attached hydrogens (tertiary/aromatic N) is 2. The Bertz CT molecular complexity index is 200. The maximum Gasteiger partial charge on any atom is 0.0113 e. The Kier molecular flexibility index (Phi) is 7.87. The van der Waals surface area contributed by atoms with E-state index in [1.54, 1.807) is 0 Å². The minimum atomic E-state index is 0.753. The Labute approximate surface area is 114 Å². The third-order valence-corrected chi connectivity index (χ3v) is 4.41. The summed E-state index contributed by atoms with van der Waals surface area (Å²) in [4.78, 5) is 5.31. The van der Waals surface area contributed by atoms with Crippen LogP contribution in [0.5, 0.6) is 0 Å². The van der Waals surface area contributed by atoms with Gasteiger partial charge >= 0.3 is 0 Å². The zero-order chi connectivity index (χ0) is 13.4. The molecule has 1 saturated heterocycles. The van der Waals surface area contributed by atoms with Gasteiger partial charge in [0, 0.05) is 38.3 Å². The number of nitrogens with one attached hydrogen (secondary N) is 1. The van der Waals surface area contributed by atoms with Gasteiger partial charge in [0.05, 0.1) is 0 Å². The van der Waals surface area contributed by atoms with E-state index in [4.69, 9.17) is 0 Å². The topological polar surface area (TPSA) is 18.5 Å². The first-order chi connectivity index (χ1) is 8.69. The molecular formula is C15H33N3. The van der Waals surface area contributed by atoms with Crippen LogP contribution in [0, 0.1) is 0 Å². The van der Waals surface area contributed by atoms with Gasteiger partial charge in [0.15, 0.2) is 0 Å². The first kappa shape index (κ1) is 15.9. The molecule has 1 rings (SSSR count). The van der Waals surface area contributed by atoms with E-state index in [1.165, 1.54) is 52.0 Å². The molecule has 3 heteroatoms. The van der Waals surface area contributed by atoms with Crippen molar-refractivity contribution in [3.8, 4) is 0 Å². The molecule has 108 valence electrons. The molecule has 1 heterocycles. The Hall–Kier alpha value is -0.120. The van der Waals surface area contributed by atoms with E-state index in [9.17, 15) is 0 Å². The molecule has 18 heavy (non-hydrogen) atoms.